The summed E-state index contributed by atoms with van der Waals surface area (Å²) < 4.78 is 44.2. The summed E-state index contributed by atoms with van der Waals surface area (Å²) in [5, 5.41) is 12.7. The van der Waals surface area contributed by atoms with Crippen molar-refractivity contribution in [3.63, 3.8) is 0 Å². The maximum atomic E-state index is 12.6. The van der Waals surface area contributed by atoms with Crippen molar-refractivity contribution >= 4 is 0 Å². The van der Waals surface area contributed by atoms with E-state index in [1.807, 2.05) is 0 Å². The van der Waals surface area contributed by atoms with E-state index in [0.29, 0.717) is 22.7 Å². The van der Waals surface area contributed by atoms with E-state index in [0.717, 1.165) is 6.07 Å². The molecular formula is C13H13F3N2O2. The molecule has 7 heteroatoms. The van der Waals surface area contributed by atoms with Crippen LogP contribution < -0.4 is 4.74 Å². The van der Waals surface area contributed by atoms with E-state index < -0.39 is 11.9 Å². The van der Waals surface area contributed by atoms with Crippen molar-refractivity contribution in [2.75, 3.05) is 7.11 Å². The highest BCUT2D eigenvalue weighted by Gasteiger charge is 2.34. The van der Waals surface area contributed by atoms with Crippen LogP contribution >= 0.6 is 0 Å². The quantitative estimate of drug-likeness (QED) is 0.943. The molecule has 1 heterocycles. The zero-order valence-electron chi connectivity index (χ0n) is 10.9. The number of nitrogens with zero attached hydrogens (tertiary/aromatic N) is 2. The Morgan fingerprint density at radius 1 is 1.30 bits per heavy atom. The fourth-order valence-electron chi connectivity index (χ4n) is 1.87. The highest BCUT2D eigenvalue weighted by Crippen LogP contribution is 2.30. The molecule has 2 aromatic rings. The van der Waals surface area contributed by atoms with Gasteiger partial charge in [-0.2, -0.15) is 18.3 Å². The Morgan fingerprint density at radius 2 is 2.00 bits per heavy atom. The Balaban J connectivity index is 2.49. The van der Waals surface area contributed by atoms with E-state index in [-0.39, 0.29) is 6.61 Å². The lowest BCUT2D eigenvalue weighted by molar-refractivity contribution is -0.141. The summed E-state index contributed by atoms with van der Waals surface area (Å²) in [5.41, 5.74) is 0.403. The Kier molecular flexibility index (Phi) is 3.71. The van der Waals surface area contributed by atoms with Crippen LogP contribution in [0.1, 0.15) is 17.0 Å². The number of alkyl halides is 3. The van der Waals surface area contributed by atoms with Crippen LogP contribution in [0.25, 0.3) is 5.69 Å². The van der Waals surface area contributed by atoms with E-state index in [4.69, 9.17) is 9.84 Å². The summed E-state index contributed by atoms with van der Waals surface area (Å²) in [4.78, 5) is 0. The summed E-state index contributed by atoms with van der Waals surface area (Å²) in [6.45, 7) is 1.32. The molecule has 0 amide bonds. The molecule has 0 fully saturated rings. The molecule has 1 aromatic heterocycles. The van der Waals surface area contributed by atoms with Gasteiger partial charge >= 0.3 is 6.18 Å². The van der Waals surface area contributed by atoms with Crippen LogP contribution in [0.4, 0.5) is 13.2 Å². The molecule has 0 saturated heterocycles. The zero-order valence-corrected chi connectivity index (χ0v) is 10.9. The molecule has 0 aliphatic rings. The number of hydrogen-bond acceptors (Lipinski definition) is 3. The number of benzene rings is 1. The molecule has 0 aliphatic carbocycles. The summed E-state index contributed by atoms with van der Waals surface area (Å²) in [5.74, 6) is 0.397. The minimum Gasteiger partial charge on any atom is -0.496 e. The second-order valence-electron chi connectivity index (χ2n) is 4.23. The summed E-state index contributed by atoms with van der Waals surface area (Å²) >= 11 is 0. The first-order valence-corrected chi connectivity index (χ1v) is 5.79. The molecule has 0 aliphatic heterocycles. The number of rotatable bonds is 3. The van der Waals surface area contributed by atoms with E-state index >= 15 is 0 Å². The average molecular weight is 286 g/mol. The number of aromatic nitrogens is 2. The number of methoxy groups -OCH3 is 1. The van der Waals surface area contributed by atoms with Gasteiger partial charge < -0.3 is 9.84 Å². The van der Waals surface area contributed by atoms with Gasteiger partial charge in [0.25, 0.3) is 0 Å². The van der Waals surface area contributed by atoms with Crippen LogP contribution in [0, 0.1) is 6.92 Å². The maximum Gasteiger partial charge on any atom is 0.435 e. The van der Waals surface area contributed by atoms with Crippen LogP contribution in [0.2, 0.25) is 0 Å². The van der Waals surface area contributed by atoms with Gasteiger partial charge in [0.05, 0.1) is 19.4 Å². The predicted molar refractivity (Wildman–Crippen MR) is 65.8 cm³/mol. The van der Waals surface area contributed by atoms with Gasteiger partial charge in [-0.15, -0.1) is 0 Å². The van der Waals surface area contributed by atoms with Crippen molar-refractivity contribution in [1.82, 2.24) is 9.78 Å². The zero-order chi connectivity index (χ0) is 14.9. The highest BCUT2D eigenvalue weighted by atomic mass is 19.4. The van der Waals surface area contributed by atoms with Crippen molar-refractivity contribution in [2.24, 2.45) is 0 Å². The van der Waals surface area contributed by atoms with Crippen molar-refractivity contribution in [3.8, 4) is 11.4 Å². The molecule has 2 rings (SSSR count). The number of ether oxygens (including phenoxy) is 1. The van der Waals surface area contributed by atoms with E-state index in [1.165, 1.54) is 24.8 Å². The molecule has 1 aromatic carbocycles. The molecule has 4 nitrogen and oxygen atoms in total. The van der Waals surface area contributed by atoms with Crippen molar-refractivity contribution < 1.29 is 23.0 Å². The molecule has 1 N–H and O–H groups in total. The fraction of sp³-hybridized carbons (Fsp3) is 0.308. The second kappa shape index (κ2) is 5.16. The Morgan fingerprint density at radius 3 is 2.50 bits per heavy atom. The minimum absolute atomic E-state index is 0.213. The van der Waals surface area contributed by atoms with Crippen LogP contribution in [-0.2, 0) is 12.8 Å². The monoisotopic (exact) mass is 286 g/mol. The molecule has 0 spiro atoms. The first kappa shape index (κ1) is 14.4. The topological polar surface area (TPSA) is 47.3 Å². The molecule has 0 bridgehead atoms. The molecule has 20 heavy (non-hydrogen) atoms. The summed E-state index contributed by atoms with van der Waals surface area (Å²) in [6, 6.07) is 5.68. The lowest BCUT2D eigenvalue weighted by atomic mass is 10.2. The number of aryl methyl sites for hydroxylation is 1. The Labute approximate surface area is 113 Å². The van der Waals surface area contributed by atoms with Crippen LogP contribution in [-0.4, -0.2) is 22.0 Å². The third-order valence-corrected chi connectivity index (χ3v) is 2.86. The lowest BCUT2D eigenvalue weighted by Crippen LogP contribution is -2.07. The molecule has 0 atom stereocenters. The second-order valence-corrected chi connectivity index (χ2v) is 4.23. The van der Waals surface area contributed by atoms with Gasteiger partial charge in [0.2, 0.25) is 0 Å². The minimum atomic E-state index is -4.48. The molecule has 0 unspecified atom stereocenters. The Bertz CT molecular complexity index is 621. The third-order valence-electron chi connectivity index (χ3n) is 2.86. The highest BCUT2D eigenvalue weighted by molar-refractivity contribution is 5.45. The number of hydrogen-bond donors (Lipinski definition) is 1. The average Bonchev–Trinajstić information content (AvgIpc) is 2.80. The fourth-order valence-corrected chi connectivity index (χ4v) is 1.87. The molecular weight excluding hydrogens is 273 g/mol. The van der Waals surface area contributed by atoms with Gasteiger partial charge in [-0.3, -0.25) is 0 Å². The van der Waals surface area contributed by atoms with E-state index in [2.05, 4.69) is 5.10 Å². The molecule has 108 valence electrons. The molecule has 0 saturated carbocycles. The maximum absolute atomic E-state index is 12.6. The SMILES string of the molecule is COc1cc(-n2nc(C(F)(F)F)cc2C)ccc1CO. The summed E-state index contributed by atoms with van der Waals surface area (Å²) in [6.07, 6.45) is -4.48. The van der Waals surface area contributed by atoms with Crippen LogP contribution in [0.5, 0.6) is 5.75 Å². The van der Waals surface area contributed by atoms with Crippen LogP contribution in [0.15, 0.2) is 24.3 Å². The number of halogens is 3. The first-order chi connectivity index (χ1) is 9.36. The van der Waals surface area contributed by atoms with E-state index in [9.17, 15) is 13.2 Å². The van der Waals surface area contributed by atoms with Gasteiger partial charge in [0.15, 0.2) is 5.69 Å². The van der Waals surface area contributed by atoms with Gasteiger partial charge in [0, 0.05) is 17.3 Å². The third kappa shape index (κ3) is 2.62. The Hall–Kier alpha value is -2.02. The van der Waals surface area contributed by atoms with Gasteiger partial charge in [-0.05, 0) is 19.1 Å². The lowest BCUT2D eigenvalue weighted by Gasteiger charge is -2.10. The standard InChI is InChI=1S/C13H13F3N2O2/c1-8-5-12(13(14,15)16)17-18(8)10-4-3-9(7-19)11(6-10)20-2/h3-6,19H,7H2,1-2H3. The smallest absolute Gasteiger partial charge is 0.435 e. The van der Waals surface area contributed by atoms with Gasteiger partial charge in [-0.25, -0.2) is 4.68 Å². The molecule has 0 radical (unpaired) electrons. The number of aliphatic hydroxyl groups excluding tert-OH is 1. The normalized spacial score (nSPS) is 11.7. The first-order valence-electron chi connectivity index (χ1n) is 5.79. The van der Waals surface area contributed by atoms with Gasteiger partial charge in [0.1, 0.15) is 5.75 Å². The number of aliphatic hydroxyl groups is 1. The van der Waals surface area contributed by atoms with E-state index in [1.54, 1.807) is 12.1 Å². The van der Waals surface area contributed by atoms with Crippen molar-refractivity contribution in [1.29, 1.82) is 0 Å². The summed E-state index contributed by atoms with van der Waals surface area (Å²) in [7, 11) is 1.43. The largest absolute Gasteiger partial charge is 0.496 e. The van der Waals surface area contributed by atoms with Crippen LogP contribution in [0.3, 0.4) is 0 Å². The van der Waals surface area contributed by atoms with Crippen molar-refractivity contribution in [2.45, 2.75) is 19.7 Å². The van der Waals surface area contributed by atoms with Crippen molar-refractivity contribution in [3.05, 3.63) is 41.2 Å². The predicted octanol–water partition coefficient (Wildman–Crippen LogP) is 2.70. The van der Waals surface area contributed by atoms with Gasteiger partial charge in [-0.1, -0.05) is 6.07 Å².